The molecule has 16 bridgehead atoms. The van der Waals surface area contributed by atoms with Gasteiger partial charge < -0.3 is 37.2 Å². The fourth-order valence-electron chi connectivity index (χ4n) is 26.2. The third kappa shape index (κ3) is 19.7. The number of aliphatic hydroxyl groups excluding tert-OH is 1. The summed E-state index contributed by atoms with van der Waals surface area (Å²) in [7, 11) is -1.45. The van der Waals surface area contributed by atoms with Gasteiger partial charge in [-0.25, -0.2) is 0 Å². The molecule has 16 aliphatic rings. The molecule has 0 saturated heterocycles. The number of rotatable bonds is 12. The van der Waals surface area contributed by atoms with Gasteiger partial charge in [-0.2, -0.15) is 65.9 Å². The van der Waals surface area contributed by atoms with Gasteiger partial charge in [0.2, 0.25) is 16.6 Å². The van der Waals surface area contributed by atoms with Gasteiger partial charge in [-0.15, -0.1) is 0 Å². The van der Waals surface area contributed by atoms with Crippen molar-refractivity contribution in [1.29, 1.82) is 0 Å². The Hall–Kier alpha value is 0.0775. The molecule has 0 aromatic rings. The number of alkyl halides is 15. The lowest BCUT2D eigenvalue weighted by molar-refractivity contribution is -0.373. The zero-order valence-electron chi connectivity index (χ0n) is 65.6. The molecule has 106 heavy (non-hydrogen) atoms. The van der Waals surface area contributed by atoms with Crippen molar-refractivity contribution in [1.82, 2.24) is 0 Å². The second-order valence-corrected chi connectivity index (χ2v) is 59.8. The molecule has 31 unspecified atom stereocenters. The van der Waals surface area contributed by atoms with E-state index in [0.717, 1.165) is 125 Å². The minimum absolute atomic E-state index is 0.0503. The Morgan fingerprint density at radius 2 is 0.528 bits per heavy atom. The zero-order valence-corrected chi connectivity index (χ0v) is 71.1. The highest BCUT2D eigenvalue weighted by Crippen LogP contribution is 2.74. The van der Waals surface area contributed by atoms with Gasteiger partial charge in [0.1, 0.15) is 6.10 Å². The predicted molar refractivity (Wildman–Crippen MR) is 392 cm³/mol. The molecule has 0 radical (unpaired) electrons. The molecule has 0 spiro atoms. The molecule has 16 aliphatic carbocycles. The van der Waals surface area contributed by atoms with Crippen LogP contribution in [0.25, 0.3) is 0 Å². The maximum Gasteiger partial charge on any atom is 0.426 e. The van der Waals surface area contributed by atoms with Crippen molar-refractivity contribution < 1.29 is 103 Å². The lowest BCUT2D eigenvalue weighted by Crippen LogP contribution is -2.58. The Labute approximate surface area is 637 Å². The van der Waals surface area contributed by atoms with Crippen LogP contribution in [0, 0.1) is 166 Å². The van der Waals surface area contributed by atoms with Crippen molar-refractivity contribution in [2.24, 2.45) is 166 Å². The first-order valence-corrected chi connectivity index (χ1v) is 54.4. The zero-order chi connectivity index (χ0) is 79.5. The summed E-state index contributed by atoms with van der Waals surface area (Å²) in [6.45, 7) is 27.0. The molecular formula is C77H129Cl2F15O8Si4. The largest absolute Gasteiger partial charge is 0.426 e. The number of fused-ring (bicyclic) bond motifs is 36. The number of hydrogen-bond acceptors (Lipinski definition) is 8. The van der Waals surface area contributed by atoms with E-state index in [-0.39, 0.29) is 48.9 Å². The predicted octanol–water partition coefficient (Wildman–Crippen LogP) is 23.1. The van der Waals surface area contributed by atoms with Crippen molar-refractivity contribution in [2.45, 2.75) is 300 Å². The second kappa shape index (κ2) is 32.5. The van der Waals surface area contributed by atoms with Gasteiger partial charge in [0, 0.05) is 38.0 Å². The van der Waals surface area contributed by atoms with Gasteiger partial charge in [0.15, 0.2) is 27.8 Å². The van der Waals surface area contributed by atoms with Crippen molar-refractivity contribution in [3.63, 3.8) is 0 Å². The van der Waals surface area contributed by atoms with Crippen LogP contribution in [-0.2, 0) is 16.8 Å². The van der Waals surface area contributed by atoms with E-state index in [2.05, 4.69) is 47.2 Å². The van der Waals surface area contributed by atoms with Crippen LogP contribution in [0.3, 0.4) is 0 Å². The van der Waals surface area contributed by atoms with Crippen LogP contribution in [0.5, 0.6) is 0 Å². The summed E-state index contributed by atoms with van der Waals surface area (Å²) in [5.41, 5.74) is -9.58. The molecule has 0 aliphatic heterocycles. The minimum atomic E-state index is -5.68. The fourth-order valence-corrected chi connectivity index (χ4v) is 26.2. The summed E-state index contributed by atoms with van der Waals surface area (Å²) in [6.07, 6.45) is -5.53. The molecule has 8 nitrogen and oxygen atoms in total. The average molecular weight is 1650 g/mol. The molecule has 4 N–H and O–H groups in total. The van der Waals surface area contributed by atoms with E-state index < -0.39 is 99.4 Å². The van der Waals surface area contributed by atoms with Gasteiger partial charge in [-0.05, 0) is 412 Å². The molecule has 0 heterocycles. The monoisotopic (exact) mass is 1650 g/mol. The molecule has 0 aromatic carbocycles. The third-order valence-electron chi connectivity index (χ3n) is 30.1. The smallest absolute Gasteiger partial charge is 0.421 e. The Bertz CT molecular complexity index is 2720. The average Bonchev–Trinajstić information content (AvgIpc) is 1.61. The van der Waals surface area contributed by atoms with Gasteiger partial charge in [0.05, 0.1) is 0 Å². The first-order valence-electron chi connectivity index (χ1n) is 40.2. The van der Waals surface area contributed by atoms with E-state index in [1.165, 1.54) is 64.2 Å². The van der Waals surface area contributed by atoms with Crippen LogP contribution in [0.4, 0.5) is 65.9 Å². The topological polar surface area (TPSA) is 118 Å². The van der Waals surface area contributed by atoms with Crippen molar-refractivity contribution in [3.8, 4) is 0 Å². The molecule has 16 rings (SSSR count). The summed E-state index contributed by atoms with van der Waals surface area (Å²) in [5, 5.41) is 38.4. The van der Waals surface area contributed by atoms with Gasteiger partial charge in [-0.3, -0.25) is 0 Å². The number of aliphatic hydroxyl groups is 4. The lowest BCUT2D eigenvalue weighted by Gasteiger charge is -2.42. The normalized spacial score (nSPS) is 41.9. The van der Waals surface area contributed by atoms with E-state index in [9.17, 15) is 86.3 Å². The second-order valence-electron chi connectivity index (χ2n) is 40.9. The summed E-state index contributed by atoms with van der Waals surface area (Å²) in [4.78, 5) is 0. The molecular weight excluding hydrogens is 1520 g/mol. The number of halogens is 17. The molecule has 16 saturated carbocycles. The van der Waals surface area contributed by atoms with Crippen LogP contribution in [0.15, 0.2) is 0 Å². The molecule has 620 valence electrons. The van der Waals surface area contributed by atoms with E-state index in [0.29, 0.717) is 83.4 Å². The van der Waals surface area contributed by atoms with Gasteiger partial charge in [-0.1, -0.05) is 0 Å². The maximum atomic E-state index is 12.9. The van der Waals surface area contributed by atoms with Crippen LogP contribution in [0.1, 0.15) is 168 Å². The summed E-state index contributed by atoms with van der Waals surface area (Å²) < 4.78 is 212. The van der Waals surface area contributed by atoms with Crippen molar-refractivity contribution in [2.75, 3.05) is 14.2 Å². The number of hydrogen-bond donors (Lipinski definition) is 4. The van der Waals surface area contributed by atoms with E-state index in [1.807, 2.05) is 39.3 Å². The van der Waals surface area contributed by atoms with Crippen LogP contribution in [0.2, 0.25) is 78.6 Å². The lowest BCUT2D eigenvalue weighted by atomic mass is 9.65. The maximum absolute atomic E-state index is 12.9. The highest BCUT2D eigenvalue weighted by Gasteiger charge is 2.74. The quantitative estimate of drug-likeness (QED) is 0.0867. The van der Waals surface area contributed by atoms with Gasteiger partial charge >= 0.3 is 30.9 Å². The Kier molecular flexibility index (Phi) is 27.6. The SMILES string of the molecule is CC(O)(CC1CC2CC1C1C3CCC(C3)C21)C(F)(F)F.CC(O)(CC1CC2CC1C1C3CCC(C3)C21)C(F)(F)F.CO[Si](C)(C)C.CO[Si](C)(C)C.C[Si](C)(C)OCl.C[Si](C)(C)OCl.OC(CC1CC2CC1C1C3CCC(C3)C21)(C(F)(F)F)C(F)(F)F.OC(CC1CC2CC1C1C3CCC(C3)C21)C(F)(F)F. The first-order chi connectivity index (χ1) is 48.3. The third-order valence-corrected chi connectivity index (χ3v) is 36.3. The van der Waals surface area contributed by atoms with Gasteiger partial charge in [0.25, 0.3) is 5.60 Å². The van der Waals surface area contributed by atoms with Crippen LogP contribution >= 0.6 is 23.7 Å². The molecule has 31 atom stereocenters. The summed E-state index contributed by atoms with van der Waals surface area (Å²) >= 11 is 10.1. The van der Waals surface area contributed by atoms with Crippen molar-refractivity contribution in [3.05, 3.63) is 0 Å². The molecule has 0 aromatic heterocycles. The van der Waals surface area contributed by atoms with Crippen molar-refractivity contribution >= 4 is 57.0 Å². The Morgan fingerprint density at radius 1 is 0.321 bits per heavy atom. The van der Waals surface area contributed by atoms with Crippen LogP contribution < -0.4 is 0 Å². The highest BCUT2D eigenvalue weighted by atomic mass is 35.5. The van der Waals surface area contributed by atoms with E-state index in [4.69, 9.17) is 32.6 Å². The van der Waals surface area contributed by atoms with E-state index >= 15 is 0 Å². The standard InChI is InChI=1S/C16H20F6O.2C16H23F3O.C15H21F3O.2C4H12OSi.2C3H9ClOSi/c17-15(18,19)14(23,16(20,21)22)6-10-4-9-5-11(10)13-8-2-1-7(3-8)12(9)13;2*1-15(20,16(17,18)19)7-11-5-10-6-12(11)14-9-3-2-8(4-9)13(10)14;16-15(17,18)12(19)6-9-4-10-5-11(9)14-8-2-1-7(3-8)13(10)14;2*1-5-6(2,3)4;2*1-6(2,3)5-4/h7-13,23H,1-6H2;2*8-14,20H,2-7H2,1H3;7-14,19H,1-6H2;2*1-4H3;2*1-3H3. The highest BCUT2D eigenvalue weighted by molar-refractivity contribution is 6.73. The van der Waals surface area contributed by atoms with E-state index in [1.54, 1.807) is 14.2 Å². The molecule has 0 amide bonds. The summed E-state index contributed by atoms with van der Waals surface area (Å²) in [5.74, 6) is 14.9. The van der Waals surface area contributed by atoms with Crippen LogP contribution in [-0.4, -0.2) is 122 Å². The minimum Gasteiger partial charge on any atom is -0.421 e. The molecule has 16 fully saturated rings. The molecule has 29 heteroatoms. The fraction of sp³-hybridized carbons (Fsp3) is 1.00. The first kappa shape index (κ1) is 90.0. The summed E-state index contributed by atoms with van der Waals surface area (Å²) in [6, 6.07) is 0. The Morgan fingerprint density at radius 3 is 0.726 bits per heavy atom. The Balaban J connectivity index is 0.000000148.